The van der Waals surface area contributed by atoms with Crippen LogP contribution in [0, 0.1) is 0 Å². The summed E-state index contributed by atoms with van der Waals surface area (Å²) in [7, 11) is 0. The van der Waals surface area contributed by atoms with Crippen LogP contribution in [0.5, 0.6) is 0 Å². The lowest BCUT2D eigenvalue weighted by atomic mass is 10.2. The zero-order chi connectivity index (χ0) is 17.5. The largest absolute Gasteiger partial charge is 0.360 e. The lowest BCUT2D eigenvalue weighted by Gasteiger charge is -2.06. The topological polar surface area (TPSA) is 53.6 Å². The number of H-pyrrole nitrogens is 1. The molecule has 0 saturated heterocycles. The number of hydrogen-bond donors (Lipinski definition) is 2. The van der Waals surface area contributed by atoms with Crippen molar-refractivity contribution in [3.8, 4) is 10.4 Å². The second-order valence-corrected chi connectivity index (χ2v) is 7.84. The number of anilines is 2. The van der Waals surface area contributed by atoms with Gasteiger partial charge in [0.05, 0.1) is 10.2 Å². The molecule has 3 aromatic heterocycles. The molecule has 2 aromatic carbocycles. The monoisotopic (exact) mass is 420 g/mol. The smallest absolute Gasteiger partial charge is 0.151 e. The number of rotatable bonds is 3. The molecule has 0 bridgehead atoms. The third-order valence-corrected chi connectivity index (χ3v) is 6.10. The summed E-state index contributed by atoms with van der Waals surface area (Å²) in [6.45, 7) is 0. The van der Waals surface area contributed by atoms with Gasteiger partial charge in [-0.3, -0.25) is 0 Å². The van der Waals surface area contributed by atoms with Crippen LogP contribution < -0.4 is 5.32 Å². The average molecular weight is 421 g/mol. The minimum atomic E-state index is 0.827. The molecule has 26 heavy (non-hydrogen) atoms. The van der Waals surface area contributed by atoms with Crippen LogP contribution in [0.4, 0.5) is 11.5 Å². The summed E-state index contributed by atoms with van der Waals surface area (Å²) in [5, 5.41) is 4.58. The van der Waals surface area contributed by atoms with Gasteiger partial charge in [0.2, 0.25) is 0 Å². The molecular formula is C20H13BrN4S. The lowest BCUT2D eigenvalue weighted by molar-refractivity contribution is 1.23. The predicted molar refractivity (Wildman–Crippen MR) is 112 cm³/mol. The summed E-state index contributed by atoms with van der Waals surface area (Å²) < 4.78 is 2.10. The van der Waals surface area contributed by atoms with Gasteiger partial charge in [-0.05, 0) is 45.8 Å². The van der Waals surface area contributed by atoms with Crippen LogP contribution in [0.3, 0.4) is 0 Å². The van der Waals surface area contributed by atoms with Crippen LogP contribution in [0.2, 0.25) is 0 Å². The van der Waals surface area contributed by atoms with E-state index in [-0.39, 0.29) is 0 Å². The van der Waals surface area contributed by atoms with Gasteiger partial charge in [0.15, 0.2) is 5.82 Å². The molecule has 0 aliphatic rings. The standard InChI is InChI=1S/C20H13BrN4S/c21-15-10-22-16-7-6-13(8-14(15)16)25-20-19-17(23-11-24-20)9-18(26-19)12-4-2-1-3-5-12/h1-11,22H,(H,23,24,25). The van der Waals surface area contributed by atoms with E-state index in [2.05, 4.69) is 78.7 Å². The average Bonchev–Trinajstić information content (AvgIpc) is 3.27. The summed E-state index contributed by atoms with van der Waals surface area (Å²) >= 11 is 5.27. The Bertz CT molecular complexity index is 1230. The highest BCUT2D eigenvalue weighted by atomic mass is 79.9. The minimum Gasteiger partial charge on any atom is -0.360 e. The van der Waals surface area contributed by atoms with E-state index in [1.54, 1.807) is 17.7 Å². The lowest BCUT2D eigenvalue weighted by Crippen LogP contribution is -1.94. The molecular weight excluding hydrogens is 408 g/mol. The molecule has 4 nitrogen and oxygen atoms in total. The van der Waals surface area contributed by atoms with Gasteiger partial charge in [-0.2, -0.15) is 0 Å². The summed E-state index contributed by atoms with van der Waals surface area (Å²) in [5.74, 6) is 0.827. The molecule has 6 heteroatoms. The zero-order valence-electron chi connectivity index (χ0n) is 13.5. The van der Waals surface area contributed by atoms with Crippen molar-refractivity contribution in [1.82, 2.24) is 15.0 Å². The molecule has 0 unspecified atom stereocenters. The minimum absolute atomic E-state index is 0.827. The highest BCUT2D eigenvalue weighted by molar-refractivity contribution is 9.10. The summed E-state index contributed by atoms with van der Waals surface area (Å²) in [5.41, 5.74) is 4.24. The Morgan fingerprint density at radius 2 is 1.88 bits per heavy atom. The van der Waals surface area contributed by atoms with Crippen molar-refractivity contribution in [2.45, 2.75) is 0 Å². The number of aromatic nitrogens is 3. The van der Waals surface area contributed by atoms with E-state index in [9.17, 15) is 0 Å². The Morgan fingerprint density at radius 1 is 1.00 bits per heavy atom. The summed E-state index contributed by atoms with van der Waals surface area (Å²) in [6.07, 6.45) is 3.56. The van der Waals surface area contributed by atoms with E-state index < -0.39 is 0 Å². The van der Waals surface area contributed by atoms with Crippen LogP contribution in [0.1, 0.15) is 0 Å². The van der Waals surface area contributed by atoms with Gasteiger partial charge in [-0.25, -0.2) is 9.97 Å². The number of aromatic amines is 1. The first-order chi connectivity index (χ1) is 12.8. The Morgan fingerprint density at radius 3 is 2.77 bits per heavy atom. The number of fused-ring (bicyclic) bond motifs is 2. The molecule has 0 fully saturated rings. The van der Waals surface area contributed by atoms with Crippen molar-refractivity contribution in [2.75, 3.05) is 5.32 Å². The van der Waals surface area contributed by atoms with E-state index in [4.69, 9.17) is 0 Å². The molecule has 5 aromatic rings. The zero-order valence-corrected chi connectivity index (χ0v) is 15.9. The highest BCUT2D eigenvalue weighted by Crippen LogP contribution is 2.37. The third kappa shape index (κ3) is 2.67. The van der Waals surface area contributed by atoms with Crippen LogP contribution in [0.15, 0.2) is 71.6 Å². The van der Waals surface area contributed by atoms with Crippen LogP contribution in [0.25, 0.3) is 31.6 Å². The molecule has 3 heterocycles. The van der Waals surface area contributed by atoms with E-state index in [0.717, 1.165) is 37.1 Å². The van der Waals surface area contributed by atoms with Crippen molar-refractivity contribution >= 4 is 59.9 Å². The normalized spacial score (nSPS) is 11.3. The number of halogens is 1. The van der Waals surface area contributed by atoms with E-state index in [1.807, 2.05) is 18.3 Å². The molecule has 126 valence electrons. The van der Waals surface area contributed by atoms with Crippen molar-refractivity contribution < 1.29 is 0 Å². The first-order valence-electron chi connectivity index (χ1n) is 8.11. The fourth-order valence-corrected chi connectivity index (χ4v) is 4.49. The molecule has 5 rings (SSSR count). The SMILES string of the molecule is Brc1c[nH]c2ccc(Nc3ncnc4cc(-c5ccccc5)sc34)cc12. The molecule has 0 atom stereocenters. The molecule has 0 radical (unpaired) electrons. The number of hydrogen-bond acceptors (Lipinski definition) is 4. The van der Waals surface area contributed by atoms with Crippen LogP contribution in [-0.2, 0) is 0 Å². The second kappa shape index (κ2) is 6.23. The van der Waals surface area contributed by atoms with Crippen molar-refractivity contribution in [1.29, 1.82) is 0 Å². The molecule has 0 aliphatic heterocycles. The van der Waals surface area contributed by atoms with Crippen LogP contribution >= 0.6 is 27.3 Å². The quantitative estimate of drug-likeness (QED) is 0.357. The van der Waals surface area contributed by atoms with Gasteiger partial charge in [0, 0.05) is 32.1 Å². The Balaban J connectivity index is 1.57. The Hall–Kier alpha value is -2.70. The Labute approximate surface area is 162 Å². The highest BCUT2D eigenvalue weighted by Gasteiger charge is 2.11. The maximum atomic E-state index is 4.47. The van der Waals surface area contributed by atoms with Crippen LogP contribution in [-0.4, -0.2) is 15.0 Å². The fourth-order valence-electron chi connectivity index (χ4n) is 2.99. The third-order valence-electron chi connectivity index (χ3n) is 4.26. The molecule has 0 spiro atoms. The van der Waals surface area contributed by atoms with E-state index in [1.165, 1.54) is 10.4 Å². The van der Waals surface area contributed by atoms with Crippen molar-refractivity contribution in [3.05, 3.63) is 71.6 Å². The van der Waals surface area contributed by atoms with Gasteiger partial charge < -0.3 is 10.3 Å². The van der Waals surface area contributed by atoms with Gasteiger partial charge in [-0.15, -0.1) is 11.3 Å². The fraction of sp³-hybridized carbons (Fsp3) is 0. The first-order valence-corrected chi connectivity index (χ1v) is 9.72. The van der Waals surface area contributed by atoms with Crippen molar-refractivity contribution in [3.63, 3.8) is 0 Å². The summed E-state index contributed by atoms with van der Waals surface area (Å²) in [6, 6.07) is 18.7. The summed E-state index contributed by atoms with van der Waals surface area (Å²) in [4.78, 5) is 13.3. The molecule has 0 saturated carbocycles. The Kier molecular flexibility index (Phi) is 3.72. The van der Waals surface area contributed by atoms with Crippen molar-refractivity contribution in [2.24, 2.45) is 0 Å². The number of nitrogens with one attached hydrogen (secondary N) is 2. The molecule has 2 N–H and O–H groups in total. The van der Waals surface area contributed by atoms with Gasteiger partial charge in [-0.1, -0.05) is 30.3 Å². The number of nitrogens with zero attached hydrogens (tertiary/aromatic N) is 2. The number of benzene rings is 2. The van der Waals surface area contributed by atoms with Gasteiger partial charge in [0.25, 0.3) is 0 Å². The van der Waals surface area contributed by atoms with E-state index >= 15 is 0 Å². The maximum absolute atomic E-state index is 4.47. The molecule has 0 amide bonds. The second-order valence-electron chi connectivity index (χ2n) is 5.94. The van der Waals surface area contributed by atoms with Gasteiger partial charge >= 0.3 is 0 Å². The molecule has 0 aliphatic carbocycles. The first kappa shape index (κ1) is 15.5. The number of thiophene rings is 1. The predicted octanol–water partition coefficient (Wildman–Crippen LogP) is 6.35. The van der Waals surface area contributed by atoms with Gasteiger partial charge in [0.1, 0.15) is 6.33 Å². The van der Waals surface area contributed by atoms with E-state index in [0.29, 0.717) is 0 Å². The maximum Gasteiger partial charge on any atom is 0.151 e.